The van der Waals surface area contributed by atoms with Crippen LogP contribution in [0.5, 0.6) is 0 Å². The van der Waals surface area contributed by atoms with E-state index in [2.05, 4.69) is 10.3 Å². The van der Waals surface area contributed by atoms with Gasteiger partial charge in [-0.3, -0.25) is 53.1 Å². The minimum atomic E-state index is -5.32. The predicted octanol–water partition coefficient (Wildman–Crippen LogP) is 3.60. The molecule has 2 unspecified atom stereocenters. The summed E-state index contributed by atoms with van der Waals surface area (Å²) in [5.74, 6) is -6.73. The van der Waals surface area contributed by atoms with E-state index in [1.165, 1.54) is 17.8 Å². The number of phosphoric ester groups is 1. The summed E-state index contributed by atoms with van der Waals surface area (Å²) in [5, 5.41) is 36.4. The number of carbonyl (C=O) groups excluding carboxylic acids is 7. The average molecular weight is 1350 g/mol. The number of fused-ring (bicyclic) bond motifs is 10. The molecule has 0 radical (unpaired) electrons. The molecular weight excluding hydrogens is 1270 g/mol. The van der Waals surface area contributed by atoms with E-state index < -0.39 is 143 Å². The summed E-state index contributed by atoms with van der Waals surface area (Å²) < 4.78 is 38.3. The van der Waals surface area contributed by atoms with Gasteiger partial charge in [0.05, 0.1) is 58.9 Å². The summed E-state index contributed by atoms with van der Waals surface area (Å²) >= 11 is 0. The topological polar surface area (TPSA) is 472 Å². The number of imidazole rings is 1. The van der Waals surface area contributed by atoms with E-state index in [1.807, 2.05) is 74.4 Å². The van der Waals surface area contributed by atoms with Crippen LogP contribution in [0.2, 0.25) is 0 Å². The fourth-order valence-electron chi connectivity index (χ4n) is 15.6. The van der Waals surface area contributed by atoms with Crippen LogP contribution in [0.15, 0.2) is 67.8 Å². The number of nitrogens with zero attached hydrogens (tertiary/aromatic N) is 7. The van der Waals surface area contributed by atoms with Crippen LogP contribution in [0.1, 0.15) is 150 Å². The van der Waals surface area contributed by atoms with E-state index in [4.69, 9.17) is 79.3 Å². The fourth-order valence-corrected chi connectivity index (χ4v) is 16.8. The molecule has 0 aliphatic carbocycles. The summed E-state index contributed by atoms with van der Waals surface area (Å²) in [4.78, 5) is 129. The van der Waals surface area contributed by atoms with Gasteiger partial charge in [-0.2, -0.15) is 5.70 Å². The number of aliphatic hydroxyl groups is 2. The Labute approximate surface area is 550 Å². The molecule has 6 amide bonds. The Morgan fingerprint density at radius 3 is 2.11 bits per heavy atom. The van der Waals surface area contributed by atoms with Crippen LogP contribution in [-0.2, 0) is 73.4 Å². The Morgan fingerprint density at radius 2 is 1.51 bits per heavy atom. The van der Waals surface area contributed by atoms with Crippen molar-refractivity contribution in [3.63, 3.8) is 0 Å². The number of ether oxygens (including phenoxy) is 2. The van der Waals surface area contributed by atoms with E-state index in [0.29, 0.717) is 50.7 Å². The molecule has 7 aliphatic heterocycles. The van der Waals surface area contributed by atoms with E-state index >= 15 is 0 Å². The molecule has 0 spiro atoms. The van der Waals surface area contributed by atoms with Crippen LogP contribution in [-0.4, -0.2) is 133 Å². The van der Waals surface area contributed by atoms with Gasteiger partial charge in [0.1, 0.15) is 18.3 Å². The van der Waals surface area contributed by atoms with Gasteiger partial charge in [-0.25, -0.2) is 4.98 Å². The fraction of sp³-hybridized carbons (Fsp3) is 0.619. The number of hydrogen-bond donors (Lipinski definition) is 8. The Bertz CT molecular complexity index is 3670. The maximum absolute atomic E-state index is 14.4. The second-order valence-electron chi connectivity index (χ2n) is 27.1. The minimum absolute atomic E-state index is 0. The summed E-state index contributed by atoms with van der Waals surface area (Å²) in [7, 11) is -5.32. The molecular formula is C63H85CoN13O15P. The SMILES string of the molecule is C/C1=C2/[N-]C([C@H](CC(N)=O)[C@@]2(C)CCC(=O)NC[C@@H](C)OP(=O)([O-])O[C@H]2[C@@H](O)[C@@H](n3cnc4cc(C)c(C)cc43)O[C@@H]2CO)[C@]2(C)N=C(\C(C)=C3/N=C(\C=C4N=C1[C@@H](CCC(N)=O)C/4(C)C)[C@]1(CCC(N)=O)OC(=O)C[C@]31C)[C@@H](CCC(N)=O)[C@]2(C)CC(N)=O.[C-]#N.[Co+3]. The van der Waals surface area contributed by atoms with Gasteiger partial charge in [-0.1, -0.05) is 33.7 Å². The van der Waals surface area contributed by atoms with E-state index in [1.54, 1.807) is 13.0 Å². The minimum Gasteiger partial charge on any atom is -0.756 e. The molecule has 1 aromatic carbocycles. The van der Waals surface area contributed by atoms with Gasteiger partial charge in [0.15, 0.2) is 11.8 Å². The van der Waals surface area contributed by atoms with Crippen LogP contribution < -0.4 is 38.9 Å². The third-order valence-corrected chi connectivity index (χ3v) is 22.0. The van der Waals surface area contributed by atoms with Crippen molar-refractivity contribution in [1.29, 1.82) is 5.26 Å². The van der Waals surface area contributed by atoms with Crippen molar-refractivity contribution in [2.75, 3.05) is 13.2 Å². The Balaban J connectivity index is 0.00000404. The third kappa shape index (κ3) is 13.2. The van der Waals surface area contributed by atoms with E-state index in [0.717, 1.165) is 11.1 Å². The molecule has 1 aromatic heterocycles. The number of esters is 1. The van der Waals surface area contributed by atoms with E-state index in [-0.39, 0.29) is 99.7 Å². The Kier molecular flexibility index (Phi) is 21.3. The molecule has 93 heavy (non-hydrogen) atoms. The van der Waals surface area contributed by atoms with Crippen LogP contribution in [0.25, 0.3) is 16.4 Å². The van der Waals surface area contributed by atoms with E-state index in [9.17, 15) is 53.2 Å². The molecule has 506 valence electrons. The van der Waals surface area contributed by atoms with Crippen LogP contribution in [0.3, 0.4) is 0 Å². The number of allylic oxidation sites excluding steroid dienone is 4. The summed E-state index contributed by atoms with van der Waals surface area (Å²) in [6.45, 7) is 23.7. The summed E-state index contributed by atoms with van der Waals surface area (Å²) in [6.07, 6.45) is -5.14. The first kappa shape index (κ1) is 73.4. The Morgan fingerprint density at radius 1 is 0.882 bits per heavy atom. The number of aliphatic hydroxyl groups excluding tert-OH is 2. The normalized spacial score (nSPS) is 34.5. The Hall–Kier alpha value is -7.00. The van der Waals surface area contributed by atoms with Gasteiger partial charge in [-0.05, 0) is 120 Å². The van der Waals surface area contributed by atoms with Crippen molar-refractivity contribution in [2.24, 2.45) is 83.1 Å². The predicted molar refractivity (Wildman–Crippen MR) is 333 cm³/mol. The number of carbonyl (C=O) groups is 7. The maximum Gasteiger partial charge on any atom is 3.00 e. The van der Waals surface area contributed by atoms with Gasteiger partial charge in [0.2, 0.25) is 35.4 Å². The smallest absolute Gasteiger partial charge is 0.756 e. The number of aryl methyl sites for hydroxylation is 2. The number of aliphatic imine (C=N–C) groups is 3. The molecule has 30 heteroatoms. The molecule has 3 saturated heterocycles. The quantitative estimate of drug-likeness (QED) is 0.0423. The largest absolute Gasteiger partial charge is 3.00 e. The van der Waals surface area contributed by atoms with Crippen molar-refractivity contribution in [1.82, 2.24) is 14.9 Å². The van der Waals surface area contributed by atoms with Crippen molar-refractivity contribution >= 4 is 77.4 Å². The van der Waals surface area contributed by atoms with Crippen molar-refractivity contribution in [3.05, 3.63) is 75.8 Å². The van der Waals surface area contributed by atoms with Crippen LogP contribution in [0.4, 0.5) is 0 Å². The molecule has 13 N–H and O–H groups in total. The standard InChI is InChI=1S/C62H87N12O15P.CN.Co/c1-29-20-37-38(21-30(29)2)74(28-69-37)56-51(83)52(39(27-75)86-56)89-90(84,85)88-31(3)26-68-47(81)17-18-58(8)36(22-45(66)79)55-61(11)59(9,24-46(67)80)35(13-15-43(64)77)50(73-61)33(5)54-60(10)25-48(82)87-62(60,19-16-44(65)78)41(71-54)23-40-57(6,7)34(12-14-42(63)76)49(70-40)32(4)53(58)72-55;1-2;/h20-21,23,28,31,34-36,39,51-52,55-56,75,83H,12-19,22,24-27H2,1-11H3,(H13,63,64,65,66,67,68,70,71,72,73,76,77,78,79,80,81,84,85);;/q;-1;+3/p-2/t31-,34-,35-,36+,39-,51-,52-,55?,56+,58-,59+,60-,61+,62+;;/m1../s1. The number of benzene rings is 1. The zero-order valence-corrected chi connectivity index (χ0v) is 56.1. The molecule has 8 bridgehead atoms. The second kappa shape index (κ2) is 27.0. The number of rotatable bonds is 24. The molecule has 7 aliphatic rings. The summed E-state index contributed by atoms with van der Waals surface area (Å²) in [5.41, 5.74) is 28.6. The van der Waals surface area contributed by atoms with Gasteiger partial charge >= 0.3 is 22.7 Å². The number of hydrogen-bond acceptors (Lipinski definition) is 20. The monoisotopic (exact) mass is 1350 g/mol. The van der Waals surface area contributed by atoms with Crippen LogP contribution in [0, 0.1) is 65.1 Å². The van der Waals surface area contributed by atoms with Crippen molar-refractivity contribution in [3.8, 4) is 0 Å². The maximum atomic E-state index is 14.4. The number of aromatic nitrogens is 2. The molecule has 9 rings (SSSR count). The van der Waals surface area contributed by atoms with Gasteiger partial charge < -0.3 is 89.3 Å². The molecule has 15 atom stereocenters. The zero-order chi connectivity index (χ0) is 68.3. The number of amides is 6. The number of nitrogens with one attached hydrogen (secondary N) is 1. The number of phosphoric acid groups is 1. The van der Waals surface area contributed by atoms with Gasteiger partial charge in [-0.15, -0.1) is 0 Å². The second-order valence-corrected chi connectivity index (χ2v) is 28.4. The van der Waals surface area contributed by atoms with Crippen molar-refractivity contribution in [2.45, 2.75) is 195 Å². The number of primary amides is 5. The molecule has 3 fully saturated rings. The zero-order valence-electron chi connectivity index (χ0n) is 54.2. The molecule has 8 heterocycles. The number of nitrogens with two attached hydrogens (primary N) is 5. The van der Waals surface area contributed by atoms with Gasteiger partial charge in [0.25, 0.3) is 7.82 Å². The summed E-state index contributed by atoms with van der Waals surface area (Å²) in [6, 6.07) is 2.66. The first-order chi connectivity index (χ1) is 42.9. The molecule has 2 aromatic rings. The van der Waals surface area contributed by atoms with Crippen molar-refractivity contribution < 1.29 is 88.5 Å². The average Bonchev–Trinajstić information content (AvgIpc) is 1.53. The molecule has 28 nitrogen and oxygen atoms in total. The molecule has 0 saturated carbocycles. The van der Waals surface area contributed by atoms with Crippen LogP contribution >= 0.6 is 7.82 Å². The third-order valence-electron chi connectivity index (χ3n) is 20.9. The van der Waals surface area contributed by atoms with Gasteiger partial charge in [0, 0.05) is 91.3 Å². The first-order valence-electron chi connectivity index (χ1n) is 30.7. The first-order valence-corrected chi connectivity index (χ1v) is 32.2.